The molecule has 3 rings (SSSR count). The van der Waals surface area contributed by atoms with Crippen molar-refractivity contribution in [2.45, 2.75) is 26.4 Å². The first-order valence-corrected chi connectivity index (χ1v) is 8.20. The first kappa shape index (κ1) is 14.2. The van der Waals surface area contributed by atoms with Gasteiger partial charge in [-0.25, -0.2) is 0 Å². The van der Waals surface area contributed by atoms with Crippen LogP contribution in [0.5, 0.6) is 5.75 Å². The van der Waals surface area contributed by atoms with Crippen LogP contribution in [0.1, 0.15) is 25.6 Å². The Kier molecular flexibility index (Phi) is 3.73. The highest BCUT2D eigenvalue weighted by atomic mass is 32.1. The van der Waals surface area contributed by atoms with Gasteiger partial charge in [-0.15, -0.1) is 11.3 Å². The van der Waals surface area contributed by atoms with Crippen molar-refractivity contribution in [2.24, 2.45) is 5.92 Å². The van der Waals surface area contributed by atoms with Gasteiger partial charge < -0.3 is 4.74 Å². The minimum Gasteiger partial charge on any atom is -0.481 e. The number of thiophene rings is 1. The smallest absolute Gasteiger partial charge is 0.143 e. The third kappa shape index (κ3) is 2.56. The third-order valence-corrected chi connectivity index (χ3v) is 5.27. The van der Waals surface area contributed by atoms with Gasteiger partial charge in [0.05, 0.1) is 0 Å². The van der Waals surface area contributed by atoms with E-state index in [1.54, 1.807) is 11.3 Å². The fourth-order valence-electron chi connectivity index (χ4n) is 2.53. The molecule has 1 heterocycles. The predicted molar refractivity (Wildman–Crippen MR) is 91.1 cm³/mol. The van der Waals surface area contributed by atoms with Crippen molar-refractivity contribution in [3.63, 3.8) is 0 Å². The molecule has 1 aromatic heterocycles. The molecule has 108 valence electrons. The van der Waals surface area contributed by atoms with Gasteiger partial charge >= 0.3 is 0 Å². The van der Waals surface area contributed by atoms with Gasteiger partial charge in [0, 0.05) is 10.3 Å². The molecule has 2 aromatic carbocycles. The molecule has 1 nitrogen and oxygen atoms in total. The fraction of sp³-hybridized carbons (Fsp3) is 0.263. The van der Waals surface area contributed by atoms with Crippen molar-refractivity contribution >= 4 is 22.1 Å². The first-order valence-electron chi connectivity index (χ1n) is 7.32. The van der Waals surface area contributed by atoms with Crippen molar-refractivity contribution < 1.29 is 4.74 Å². The average Bonchev–Trinajstić information content (AvgIpc) is 3.02. The number of hydrogen-bond donors (Lipinski definition) is 0. The molecule has 0 radical (unpaired) electrons. The van der Waals surface area contributed by atoms with E-state index in [2.05, 4.69) is 80.7 Å². The summed E-state index contributed by atoms with van der Waals surface area (Å²) < 4.78 is 6.53. The molecule has 2 heteroatoms. The summed E-state index contributed by atoms with van der Waals surface area (Å²) in [6.45, 7) is 6.61. The zero-order chi connectivity index (χ0) is 14.9. The highest BCUT2D eigenvalue weighted by molar-refractivity contribution is 7.10. The highest BCUT2D eigenvalue weighted by Crippen LogP contribution is 2.39. The lowest BCUT2D eigenvalue weighted by atomic mass is 9.90. The molecule has 0 aliphatic heterocycles. The Morgan fingerprint density at radius 3 is 2.43 bits per heavy atom. The van der Waals surface area contributed by atoms with Crippen molar-refractivity contribution in [2.75, 3.05) is 0 Å². The SMILES string of the molecule is CC(C)[C@@](C)(Oc1cccc2ccccc12)c1cccs1. The van der Waals surface area contributed by atoms with Gasteiger partial charge in [0.15, 0.2) is 0 Å². The average molecular weight is 296 g/mol. The molecule has 0 fully saturated rings. The van der Waals surface area contributed by atoms with Gasteiger partial charge in [0.25, 0.3) is 0 Å². The number of ether oxygens (including phenoxy) is 1. The molecule has 0 saturated heterocycles. The van der Waals surface area contributed by atoms with Gasteiger partial charge in [-0.3, -0.25) is 0 Å². The monoisotopic (exact) mass is 296 g/mol. The maximum Gasteiger partial charge on any atom is 0.143 e. The molecule has 0 unspecified atom stereocenters. The first-order chi connectivity index (χ1) is 10.1. The number of fused-ring (bicyclic) bond motifs is 1. The maximum absolute atomic E-state index is 6.53. The second-order valence-electron chi connectivity index (χ2n) is 5.82. The van der Waals surface area contributed by atoms with Gasteiger partial charge in [0.2, 0.25) is 0 Å². The summed E-state index contributed by atoms with van der Waals surface area (Å²) in [5.74, 6) is 1.34. The van der Waals surface area contributed by atoms with E-state index in [-0.39, 0.29) is 5.60 Å². The third-order valence-electron chi connectivity index (χ3n) is 4.18. The van der Waals surface area contributed by atoms with Crippen LogP contribution in [0.25, 0.3) is 10.8 Å². The van der Waals surface area contributed by atoms with Crippen LogP contribution in [0.3, 0.4) is 0 Å². The van der Waals surface area contributed by atoms with Crippen LogP contribution in [-0.4, -0.2) is 0 Å². The molecule has 1 atom stereocenters. The Labute approximate surface area is 130 Å². The van der Waals surface area contributed by atoms with Crippen LogP contribution < -0.4 is 4.74 Å². The van der Waals surface area contributed by atoms with E-state index in [0.717, 1.165) is 5.75 Å². The van der Waals surface area contributed by atoms with E-state index >= 15 is 0 Å². The van der Waals surface area contributed by atoms with Crippen LogP contribution in [0.4, 0.5) is 0 Å². The normalized spacial score (nSPS) is 14.3. The maximum atomic E-state index is 6.53. The van der Waals surface area contributed by atoms with E-state index < -0.39 is 0 Å². The van der Waals surface area contributed by atoms with Crippen LogP contribution in [0.15, 0.2) is 60.0 Å². The van der Waals surface area contributed by atoms with Crippen LogP contribution in [0.2, 0.25) is 0 Å². The summed E-state index contributed by atoms with van der Waals surface area (Å²) in [4.78, 5) is 1.27. The minimum atomic E-state index is -0.307. The predicted octanol–water partition coefficient (Wildman–Crippen LogP) is 5.85. The fourth-order valence-corrected chi connectivity index (χ4v) is 3.50. The number of rotatable bonds is 4. The van der Waals surface area contributed by atoms with Crippen LogP contribution in [-0.2, 0) is 5.60 Å². The largest absolute Gasteiger partial charge is 0.481 e. The molecule has 21 heavy (non-hydrogen) atoms. The summed E-state index contributed by atoms with van der Waals surface area (Å²) >= 11 is 1.76. The van der Waals surface area contributed by atoms with Gasteiger partial charge in [0.1, 0.15) is 11.4 Å². The standard InChI is InChI=1S/C19H20OS/c1-14(2)19(3,18-12-7-13-21-18)20-17-11-6-9-15-8-4-5-10-16(15)17/h4-14H,1-3H3/t19-/m1/s1. The lowest BCUT2D eigenvalue weighted by molar-refractivity contribution is 0.0424. The molecule has 0 amide bonds. The molecular formula is C19H20OS. The number of benzene rings is 2. The molecule has 0 aliphatic rings. The van der Waals surface area contributed by atoms with Crippen molar-refractivity contribution in [3.05, 3.63) is 64.9 Å². The minimum absolute atomic E-state index is 0.307. The Balaban J connectivity index is 2.07. The number of hydrogen-bond acceptors (Lipinski definition) is 2. The van der Waals surface area contributed by atoms with Crippen LogP contribution in [0, 0.1) is 5.92 Å². The highest BCUT2D eigenvalue weighted by Gasteiger charge is 2.34. The molecule has 3 aromatic rings. The summed E-state index contributed by atoms with van der Waals surface area (Å²) in [7, 11) is 0. The molecule has 0 spiro atoms. The Morgan fingerprint density at radius 2 is 1.71 bits per heavy atom. The quantitative estimate of drug-likeness (QED) is 0.586. The Hall–Kier alpha value is -1.80. The second-order valence-corrected chi connectivity index (χ2v) is 6.77. The Morgan fingerprint density at radius 1 is 0.952 bits per heavy atom. The zero-order valence-corrected chi connectivity index (χ0v) is 13.5. The van der Waals surface area contributed by atoms with E-state index in [0.29, 0.717) is 5.92 Å². The zero-order valence-electron chi connectivity index (χ0n) is 12.7. The van der Waals surface area contributed by atoms with Crippen LogP contribution >= 0.6 is 11.3 Å². The van der Waals surface area contributed by atoms with E-state index in [1.807, 2.05) is 0 Å². The summed E-state index contributed by atoms with van der Waals surface area (Å²) in [6.07, 6.45) is 0. The molecular weight excluding hydrogens is 276 g/mol. The topological polar surface area (TPSA) is 9.23 Å². The van der Waals surface area contributed by atoms with Gasteiger partial charge in [-0.05, 0) is 35.7 Å². The summed E-state index contributed by atoms with van der Waals surface area (Å²) in [5, 5.41) is 4.50. The summed E-state index contributed by atoms with van der Waals surface area (Å²) in [6, 6.07) is 18.9. The molecule has 0 bridgehead atoms. The lowest BCUT2D eigenvalue weighted by Gasteiger charge is -2.34. The van der Waals surface area contributed by atoms with Gasteiger partial charge in [-0.1, -0.05) is 56.3 Å². The molecule has 0 N–H and O–H groups in total. The van der Waals surface area contributed by atoms with Gasteiger partial charge in [-0.2, -0.15) is 0 Å². The lowest BCUT2D eigenvalue weighted by Crippen LogP contribution is -2.34. The van der Waals surface area contributed by atoms with Crippen molar-refractivity contribution in [1.82, 2.24) is 0 Å². The van der Waals surface area contributed by atoms with E-state index in [1.165, 1.54) is 15.6 Å². The van der Waals surface area contributed by atoms with Crippen molar-refractivity contribution in [3.8, 4) is 5.75 Å². The van der Waals surface area contributed by atoms with E-state index in [4.69, 9.17) is 4.74 Å². The molecule has 0 saturated carbocycles. The summed E-state index contributed by atoms with van der Waals surface area (Å²) in [5.41, 5.74) is -0.307. The van der Waals surface area contributed by atoms with Crippen molar-refractivity contribution in [1.29, 1.82) is 0 Å². The Bertz CT molecular complexity index is 725. The van der Waals surface area contributed by atoms with E-state index in [9.17, 15) is 0 Å². The molecule has 0 aliphatic carbocycles. The second kappa shape index (κ2) is 5.53.